The number of nitrogens with zero attached hydrogens (tertiary/aromatic N) is 5. The second-order valence-electron chi connectivity index (χ2n) is 6.00. The lowest BCUT2D eigenvalue weighted by atomic mass is 10.1. The van der Waals surface area contributed by atoms with Crippen LogP contribution in [0.1, 0.15) is 21.7 Å². The lowest BCUT2D eigenvalue weighted by Crippen LogP contribution is -2.14. The largest absolute Gasteiger partial charge is 0.383 e. The van der Waals surface area contributed by atoms with Gasteiger partial charge in [0.05, 0.1) is 6.61 Å². The lowest BCUT2D eigenvalue weighted by Gasteiger charge is -2.08. The summed E-state index contributed by atoms with van der Waals surface area (Å²) in [5, 5.41) is 12.1. The second kappa shape index (κ2) is 7.57. The molecule has 136 valence electrons. The van der Waals surface area contributed by atoms with Gasteiger partial charge in [0.1, 0.15) is 12.4 Å². The van der Waals surface area contributed by atoms with Crippen molar-refractivity contribution < 1.29 is 13.9 Å². The summed E-state index contributed by atoms with van der Waals surface area (Å²) < 4.78 is 20.2. The average molecular weight is 357 g/mol. The first kappa shape index (κ1) is 17.9. The van der Waals surface area contributed by atoms with Crippen LogP contribution in [0.2, 0.25) is 0 Å². The number of carbonyl (C=O) groups excluding carboxylic acids is 1. The van der Waals surface area contributed by atoms with Gasteiger partial charge in [-0.2, -0.15) is 4.80 Å². The molecule has 0 saturated heterocycles. The Hall–Kier alpha value is -2.87. The number of ether oxygens (including phenoxy) is 1. The third kappa shape index (κ3) is 3.70. The summed E-state index contributed by atoms with van der Waals surface area (Å²) in [5.41, 5.74) is 3.17. The van der Waals surface area contributed by atoms with Crippen molar-refractivity contribution in [3.63, 3.8) is 0 Å². The zero-order valence-electron chi connectivity index (χ0n) is 14.9. The first-order chi connectivity index (χ1) is 12.5. The average Bonchev–Trinajstić information content (AvgIpc) is 3.19. The standard InChI is InChI=1S/C18H20FN5O2/c1-12-10-16(13(2)23(12)8-9-26-3)17(25)11-24-21-18(20-22-24)14-4-6-15(19)7-5-14/h4-7,10H,8-9,11H2,1-3H3. The Bertz CT molecular complexity index is 914. The van der Waals surface area contributed by atoms with E-state index in [1.807, 2.05) is 19.9 Å². The Morgan fingerprint density at radius 1 is 1.23 bits per heavy atom. The van der Waals surface area contributed by atoms with Crippen LogP contribution in [0.3, 0.4) is 0 Å². The summed E-state index contributed by atoms with van der Waals surface area (Å²) in [4.78, 5) is 13.9. The molecule has 0 N–H and O–H groups in total. The smallest absolute Gasteiger partial charge is 0.204 e. The quantitative estimate of drug-likeness (QED) is 0.607. The lowest BCUT2D eigenvalue weighted by molar-refractivity contribution is 0.0960. The number of Topliss-reactive ketones (excluding diaryl/α,β-unsaturated/α-hetero) is 1. The van der Waals surface area contributed by atoms with Gasteiger partial charge in [0, 0.05) is 36.2 Å². The van der Waals surface area contributed by atoms with Crippen molar-refractivity contribution in [3.05, 3.63) is 53.1 Å². The highest BCUT2D eigenvalue weighted by molar-refractivity contribution is 5.97. The van der Waals surface area contributed by atoms with Crippen molar-refractivity contribution in [1.29, 1.82) is 0 Å². The van der Waals surface area contributed by atoms with E-state index in [2.05, 4.69) is 20.0 Å². The maximum Gasteiger partial charge on any atom is 0.204 e. The predicted molar refractivity (Wildman–Crippen MR) is 93.3 cm³/mol. The van der Waals surface area contributed by atoms with Crippen molar-refractivity contribution in [2.24, 2.45) is 0 Å². The first-order valence-electron chi connectivity index (χ1n) is 8.22. The second-order valence-corrected chi connectivity index (χ2v) is 6.00. The number of methoxy groups -OCH3 is 1. The van der Waals surface area contributed by atoms with E-state index in [9.17, 15) is 9.18 Å². The molecule has 0 saturated carbocycles. The van der Waals surface area contributed by atoms with Crippen LogP contribution in [0.15, 0.2) is 30.3 Å². The normalized spacial score (nSPS) is 11.1. The highest BCUT2D eigenvalue weighted by Crippen LogP contribution is 2.17. The molecule has 26 heavy (non-hydrogen) atoms. The number of aryl methyl sites for hydroxylation is 1. The Morgan fingerprint density at radius 3 is 2.65 bits per heavy atom. The molecule has 1 aromatic carbocycles. The van der Waals surface area contributed by atoms with Crippen molar-refractivity contribution in [1.82, 2.24) is 24.8 Å². The number of rotatable bonds is 7. The molecule has 0 amide bonds. The van der Waals surface area contributed by atoms with Crippen LogP contribution < -0.4 is 0 Å². The molecular formula is C18H20FN5O2. The monoisotopic (exact) mass is 357 g/mol. The number of hydrogen-bond acceptors (Lipinski definition) is 5. The zero-order valence-corrected chi connectivity index (χ0v) is 14.9. The van der Waals surface area contributed by atoms with Gasteiger partial charge in [-0.25, -0.2) is 4.39 Å². The van der Waals surface area contributed by atoms with E-state index in [4.69, 9.17) is 4.74 Å². The number of tetrazole rings is 1. The Balaban J connectivity index is 1.75. The van der Waals surface area contributed by atoms with Crippen molar-refractivity contribution in [2.75, 3.05) is 13.7 Å². The van der Waals surface area contributed by atoms with Crippen LogP contribution in [0.4, 0.5) is 4.39 Å². The summed E-state index contributed by atoms with van der Waals surface area (Å²) in [6.45, 7) is 5.13. The third-order valence-corrected chi connectivity index (χ3v) is 4.23. The van der Waals surface area contributed by atoms with Gasteiger partial charge in [0.2, 0.25) is 5.82 Å². The van der Waals surface area contributed by atoms with E-state index in [-0.39, 0.29) is 18.1 Å². The first-order valence-corrected chi connectivity index (χ1v) is 8.22. The number of hydrogen-bond donors (Lipinski definition) is 0. The van der Waals surface area contributed by atoms with E-state index in [0.29, 0.717) is 30.1 Å². The molecule has 0 bridgehead atoms. The molecule has 0 spiro atoms. The molecule has 0 unspecified atom stereocenters. The van der Waals surface area contributed by atoms with Gasteiger partial charge in [-0.15, -0.1) is 10.2 Å². The van der Waals surface area contributed by atoms with Crippen LogP contribution in [0.25, 0.3) is 11.4 Å². The van der Waals surface area contributed by atoms with Gasteiger partial charge in [-0.05, 0) is 49.4 Å². The number of aromatic nitrogens is 5. The molecule has 0 aliphatic heterocycles. The number of benzene rings is 1. The Labute approximate surface area is 150 Å². The summed E-state index contributed by atoms with van der Waals surface area (Å²) in [6, 6.07) is 7.67. The van der Waals surface area contributed by atoms with E-state index in [1.54, 1.807) is 19.2 Å². The van der Waals surface area contributed by atoms with Crippen LogP contribution in [0, 0.1) is 19.7 Å². The predicted octanol–water partition coefficient (Wildman–Crippen LogP) is 2.43. The van der Waals surface area contributed by atoms with Gasteiger partial charge in [-0.3, -0.25) is 4.79 Å². The topological polar surface area (TPSA) is 74.8 Å². The fourth-order valence-electron chi connectivity index (χ4n) is 2.85. The van der Waals surface area contributed by atoms with Crippen molar-refractivity contribution in [3.8, 4) is 11.4 Å². The molecule has 8 heteroatoms. The SMILES string of the molecule is COCCn1c(C)cc(C(=O)Cn2nnc(-c3ccc(F)cc3)n2)c1C. The minimum Gasteiger partial charge on any atom is -0.383 e. The molecule has 7 nitrogen and oxygen atoms in total. The van der Waals surface area contributed by atoms with E-state index in [0.717, 1.165) is 11.4 Å². The van der Waals surface area contributed by atoms with E-state index in [1.165, 1.54) is 16.9 Å². The minimum absolute atomic E-state index is 0.0111. The molecule has 2 heterocycles. The number of halogens is 1. The molecule has 0 aliphatic rings. The number of carbonyl (C=O) groups is 1. The Kier molecular flexibility index (Phi) is 5.22. The van der Waals surface area contributed by atoms with Gasteiger partial charge in [0.25, 0.3) is 0 Å². The van der Waals surface area contributed by atoms with Crippen molar-refractivity contribution in [2.45, 2.75) is 26.9 Å². The molecule has 2 aromatic heterocycles. The maximum absolute atomic E-state index is 13.0. The third-order valence-electron chi connectivity index (χ3n) is 4.23. The van der Waals surface area contributed by atoms with Crippen LogP contribution in [0.5, 0.6) is 0 Å². The summed E-state index contributed by atoms with van der Waals surface area (Å²) in [7, 11) is 1.65. The maximum atomic E-state index is 13.0. The molecule has 0 fully saturated rings. The molecule has 0 radical (unpaired) electrons. The summed E-state index contributed by atoms with van der Waals surface area (Å²) in [6.07, 6.45) is 0. The van der Waals surface area contributed by atoms with Crippen molar-refractivity contribution >= 4 is 5.78 Å². The highest BCUT2D eigenvalue weighted by Gasteiger charge is 2.17. The van der Waals surface area contributed by atoms with Crippen LogP contribution in [-0.4, -0.2) is 44.3 Å². The van der Waals surface area contributed by atoms with Gasteiger partial charge >= 0.3 is 0 Å². The molecule has 0 atom stereocenters. The molecule has 3 rings (SSSR count). The van der Waals surface area contributed by atoms with Gasteiger partial charge < -0.3 is 9.30 Å². The van der Waals surface area contributed by atoms with Gasteiger partial charge in [-0.1, -0.05) is 0 Å². The summed E-state index contributed by atoms with van der Waals surface area (Å²) >= 11 is 0. The Morgan fingerprint density at radius 2 is 1.96 bits per heavy atom. The molecule has 0 aliphatic carbocycles. The minimum atomic E-state index is -0.333. The molecular weight excluding hydrogens is 337 g/mol. The van der Waals surface area contributed by atoms with Crippen LogP contribution in [-0.2, 0) is 17.8 Å². The fraction of sp³-hybridized carbons (Fsp3) is 0.333. The highest BCUT2D eigenvalue weighted by atomic mass is 19.1. The van der Waals surface area contributed by atoms with E-state index >= 15 is 0 Å². The zero-order chi connectivity index (χ0) is 18.7. The summed E-state index contributed by atoms with van der Waals surface area (Å²) in [5.74, 6) is -0.0756. The van der Waals surface area contributed by atoms with E-state index < -0.39 is 0 Å². The molecule has 3 aromatic rings. The van der Waals surface area contributed by atoms with Gasteiger partial charge in [0.15, 0.2) is 5.78 Å². The van der Waals surface area contributed by atoms with Crippen LogP contribution >= 0.6 is 0 Å². The fourth-order valence-corrected chi connectivity index (χ4v) is 2.85. The number of ketones is 1.